The molecule has 2 atom stereocenters. The van der Waals surface area contributed by atoms with Crippen molar-refractivity contribution in [2.45, 2.75) is 6.17 Å². The lowest BCUT2D eigenvalue weighted by atomic mass is 10.0. The molecule has 0 aliphatic carbocycles. The number of carbonyl (C=O) groups is 1. The van der Waals surface area contributed by atoms with E-state index in [-0.39, 0.29) is 5.69 Å². The number of rotatable bonds is 2. The molecule has 7 heteroatoms. The van der Waals surface area contributed by atoms with Crippen LogP contribution in [0.2, 0.25) is 0 Å². The van der Waals surface area contributed by atoms with Crippen LogP contribution in [0, 0.1) is 5.21 Å². The lowest BCUT2D eigenvalue weighted by Crippen LogP contribution is -2.99. The van der Waals surface area contributed by atoms with Gasteiger partial charge in [-0.15, -0.1) is 0 Å². The Morgan fingerprint density at radius 3 is 2.57 bits per heavy atom. The first kappa shape index (κ1) is 13.5. The summed E-state index contributed by atoms with van der Waals surface area (Å²) in [6, 6.07) is 13.0. The summed E-state index contributed by atoms with van der Waals surface area (Å²) in [6.07, 6.45) is -0.945. The van der Waals surface area contributed by atoms with Crippen molar-refractivity contribution in [2.75, 3.05) is 5.32 Å². The number of nitrogens with zero attached hydrogens (tertiary/aromatic N) is 1. The molecule has 0 radical (unpaired) electrons. The summed E-state index contributed by atoms with van der Waals surface area (Å²) in [6.45, 7) is 0. The Bertz CT molecular complexity index is 689. The molecule has 3 rings (SSSR count). The maximum Gasteiger partial charge on any atom is 0.281 e. The molecular weight excluding hydrogens is 274 g/mol. The van der Waals surface area contributed by atoms with Crippen LogP contribution < -0.4 is 10.5 Å². The average molecular weight is 287 g/mol. The number of hydrogen-bond acceptors (Lipinski definition) is 5. The topological polar surface area (TPSA) is 100 Å². The number of para-hydroxylation sites is 2. The molecule has 4 N–H and O–H groups in total. The van der Waals surface area contributed by atoms with Crippen LogP contribution in [0.4, 0.5) is 11.4 Å². The van der Waals surface area contributed by atoms with E-state index in [1.54, 1.807) is 42.5 Å². The van der Waals surface area contributed by atoms with E-state index >= 15 is 0 Å². The van der Waals surface area contributed by atoms with E-state index < -0.39 is 17.3 Å². The molecule has 108 valence electrons. The first-order valence-corrected chi connectivity index (χ1v) is 6.30. The number of amides is 1. The molecule has 2 aromatic rings. The monoisotopic (exact) mass is 287 g/mol. The van der Waals surface area contributed by atoms with E-state index in [0.29, 0.717) is 21.9 Å². The lowest BCUT2D eigenvalue weighted by Gasteiger charge is -2.34. The van der Waals surface area contributed by atoms with Crippen molar-refractivity contribution in [1.29, 1.82) is 0 Å². The summed E-state index contributed by atoms with van der Waals surface area (Å²) in [5.41, 5.74) is 1.23. The highest BCUT2D eigenvalue weighted by Crippen LogP contribution is 2.33. The van der Waals surface area contributed by atoms with Crippen LogP contribution >= 0.6 is 0 Å². The number of carbonyl (C=O) groups excluding carboxylic acids is 1. The van der Waals surface area contributed by atoms with Gasteiger partial charge in [0.1, 0.15) is 0 Å². The van der Waals surface area contributed by atoms with E-state index in [1.807, 2.05) is 0 Å². The van der Waals surface area contributed by atoms with E-state index in [9.17, 15) is 20.4 Å². The predicted octanol–water partition coefficient (Wildman–Crippen LogP) is 1.05. The smallest absolute Gasteiger partial charge is 0.281 e. The Hall–Kier alpha value is -2.45. The number of nitrogens with one attached hydrogen (secondary N) is 2. The molecule has 0 spiro atoms. The van der Waals surface area contributed by atoms with Crippen LogP contribution in [-0.4, -0.2) is 21.4 Å². The second kappa shape index (κ2) is 5.15. The zero-order valence-corrected chi connectivity index (χ0v) is 10.9. The summed E-state index contributed by atoms with van der Waals surface area (Å²) >= 11 is 0. The van der Waals surface area contributed by atoms with Crippen molar-refractivity contribution in [2.24, 2.45) is 0 Å². The Morgan fingerprint density at radius 1 is 1.14 bits per heavy atom. The van der Waals surface area contributed by atoms with Crippen LogP contribution in [0.15, 0.2) is 48.5 Å². The Balaban J connectivity index is 2.07. The average Bonchev–Trinajstić information content (AvgIpc) is 2.51. The molecule has 0 saturated heterocycles. The molecule has 0 bridgehead atoms. The predicted molar refractivity (Wildman–Crippen MR) is 73.0 cm³/mol. The summed E-state index contributed by atoms with van der Waals surface area (Å²) in [5, 5.41) is 33.0. The quantitative estimate of drug-likeness (QED) is 0.488. The minimum Gasteiger partial charge on any atom is -0.595 e. The van der Waals surface area contributed by atoms with Gasteiger partial charge in [-0.1, -0.05) is 24.3 Å². The van der Waals surface area contributed by atoms with Gasteiger partial charge in [0, 0.05) is 11.8 Å². The number of anilines is 1. The van der Waals surface area contributed by atoms with Gasteiger partial charge in [0.15, 0.2) is 11.9 Å². The largest absolute Gasteiger partial charge is 0.595 e. The van der Waals surface area contributed by atoms with Crippen LogP contribution in [0.25, 0.3) is 0 Å². The molecule has 2 aromatic carbocycles. The van der Waals surface area contributed by atoms with Crippen molar-refractivity contribution in [3.63, 3.8) is 0 Å². The molecule has 0 saturated carbocycles. The van der Waals surface area contributed by atoms with Crippen molar-refractivity contribution in [3.05, 3.63) is 64.9 Å². The summed E-state index contributed by atoms with van der Waals surface area (Å²) in [4.78, 5) is 12.2. The fraction of sp³-hybridized carbons (Fsp3) is 0.0714. The van der Waals surface area contributed by atoms with Gasteiger partial charge in [-0.3, -0.25) is 10.0 Å². The summed E-state index contributed by atoms with van der Waals surface area (Å²) in [7, 11) is 0. The molecule has 0 fully saturated rings. The maximum absolute atomic E-state index is 12.2. The van der Waals surface area contributed by atoms with E-state index in [0.717, 1.165) is 0 Å². The van der Waals surface area contributed by atoms with Crippen LogP contribution in [0.3, 0.4) is 0 Å². The fourth-order valence-electron chi connectivity index (χ4n) is 2.38. The number of hydrogen-bond donors (Lipinski definition) is 4. The van der Waals surface area contributed by atoms with E-state index in [2.05, 4.69) is 5.32 Å². The number of fused-ring (bicyclic) bond motifs is 1. The van der Waals surface area contributed by atoms with Gasteiger partial charge in [0.25, 0.3) is 5.91 Å². The summed E-state index contributed by atoms with van der Waals surface area (Å²) < 4.78 is 0. The van der Waals surface area contributed by atoms with Gasteiger partial charge >= 0.3 is 0 Å². The number of benzene rings is 2. The van der Waals surface area contributed by atoms with Crippen LogP contribution in [0.1, 0.15) is 22.1 Å². The molecule has 1 aliphatic heterocycles. The Morgan fingerprint density at radius 2 is 1.81 bits per heavy atom. The highest BCUT2D eigenvalue weighted by Gasteiger charge is 2.34. The number of quaternary nitrogens is 1. The van der Waals surface area contributed by atoms with Crippen LogP contribution in [-0.2, 0) is 0 Å². The van der Waals surface area contributed by atoms with E-state index in [1.165, 1.54) is 6.07 Å². The molecule has 2 unspecified atom stereocenters. The fourth-order valence-corrected chi connectivity index (χ4v) is 2.38. The SMILES string of the molecule is O=C1c2ccccc2NC(c2ccccc2[NH+]([O-])O)N1O. The first-order chi connectivity index (χ1) is 10.1. The Labute approximate surface area is 120 Å². The summed E-state index contributed by atoms with van der Waals surface area (Å²) in [5.74, 6) is -0.574. The molecule has 1 heterocycles. The van der Waals surface area contributed by atoms with Crippen molar-refractivity contribution < 1.29 is 20.4 Å². The highest BCUT2D eigenvalue weighted by atomic mass is 16.8. The highest BCUT2D eigenvalue weighted by molar-refractivity contribution is 6.01. The van der Waals surface area contributed by atoms with Gasteiger partial charge in [0.05, 0.1) is 11.1 Å². The molecule has 7 nitrogen and oxygen atoms in total. The Kier molecular flexibility index (Phi) is 3.32. The molecular formula is C14H13N3O4. The van der Waals surface area contributed by atoms with Crippen molar-refractivity contribution in [3.8, 4) is 0 Å². The minimum atomic E-state index is -1.12. The van der Waals surface area contributed by atoms with Gasteiger partial charge in [-0.2, -0.15) is 10.3 Å². The third-order valence-corrected chi connectivity index (χ3v) is 3.39. The molecule has 21 heavy (non-hydrogen) atoms. The van der Waals surface area contributed by atoms with Crippen molar-refractivity contribution >= 4 is 17.3 Å². The van der Waals surface area contributed by atoms with Gasteiger partial charge in [-0.25, -0.2) is 5.21 Å². The third kappa shape index (κ3) is 2.24. The third-order valence-electron chi connectivity index (χ3n) is 3.39. The lowest BCUT2D eigenvalue weighted by molar-refractivity contribution is -0.991. The second-order valence-corrected chi connectivity index (χ2v) is 4.63. The molecule has 1 amide bonds. The minimum absolute atomic E-state index is 0.0289. The zero-order chi connectivity index (χ0) is 15.0. The van der Waals surface area contributed by atoms with E-state index in [4.69, 9.17) is 0 Å². The standard InChI is InChI=1S/C14H13N3O4/c18-14-9-5-1-3-7-11(9)15-13(16(14)19)10-6-2-4-8-12(10)17(20)21/h1-8,13,15,17,19-20H. The normalized spacial score (nSPS) is 18.9. The van der Waals surface area contributed by atoms with Crippen molar-refractivity contribution in [1.82, 2.24) is 5.06 Å². The van der Waals surface area contributed by atoms with Gasteiger partial charge < -0.3 is 10.5 Å². The second-order valence-electron chi connectivity index (χ2n) is 4.63. The van der Waals surface area contributed by atoms with Gasteiger partial charge in [-0.05, 0) is 18.2 Å². The molecule has 0 aromatic heterocycles. The van der Waals surface area contributed by atoms with Crippen LogP contribution in [0.5, 0.6) is 0 Å². The zero-order valence-electron chi connectivity index (χ0n) is 10.9. The molecule has 1 aliphatic rings. The first-order valence-electron chi connectivity index (χ1n) is 6.30. The maximum atomic E-state index is 12.2. The van der Waals surface area contributed by atoms with Gasteiger partial charge in [0.2, 0.25) is 0 Å². The number of hydroxylamine groups is 2.